The number of hydrogen-bond donors (Lipinski definition) is 3. The highest BCUT2D eigenvalue weighted by Crippen LogP contribution is 2.39. The van der Waals surface area contributed by atoms with Crippen molar-refractivity contribution in [1.29, 1.82) is 0 Å². The molecule has 0 fully saturated rings. The minimum absolute atomic E-state index is 0.109. The molecule has 56 heavy (non-hydrogen) atoms. The van der Waals surface area contributed by atoms with Gasteiger partial charge in [-0.2, -0.15) is 0 Å². The second-order valence-corrected chi connectivity index (χ2v) is 17.5. The molecule has 0 saturated heterocycles. The summed E-state index contributed by atoms with van der Waals surface area (Å²) >= 11 is 0. The Morgan fingerprint density at radius 3 is 1.71 bits per heavy atom. The Bertz CT molecular complexity index is 1680. The summed E-state index contributed by atoms with van der Waals surface area (Å²) in [4.78, 5) is 64.4. The van der Waals surface area contributed by atoms with E-state index in [1.807, 2.05) is 61.5 Å². The number of aromatic nitrogens is 1. The van der Waals surface area contributed by atoms with E-state index in [2.05, 4.69) is 36.4 Å². The molecule has 10 nitrogen and oxygen atoms in total. The third kappa shape index (κ3) is 13.6. The molecular weight excluding hydrogens is 705 g/mol. The molecule has 0 aliphatic carbocycles. The van der Waals surface area contributed by atoms with Crippen LogP contribution in [0, 0.1) is 24.7 Å². The molecular formula is C46H74N4O6. The fourth-order valence-corrected chi connectivity index (χ4v) is 6.89. The van der Waals surface area contributed by atoms with E-state index in [4.69, 9.17) is 14.5 Å². The van der Waals surface area contributed by atoms with Crippen LogP contribution >= 0.6 is 0 Å². The predicted molar refractivity (Wildman–Crippen MR) is 229 cm³/mol. The van der Waals surface area contributed by atoms with Gasteiger partial charge >= 0.3 is 11.9 Å². The maximum atomic E-state index is 14.4. The van der Waals surface area contributed by atoms with E-state index in [0.717, 1.165) is 56.9 Å². The quantitative estimate of drug-likeness (QED) is 0.127. The van der Waals surface area contributed by atoms with Crippen molar-refractivity contribution in [3.63, 3.8) is 0 Å². The van der Waals surface area contributed by atoms with Crippen LogP contribution in [0.3, 0.4) is 0 Å². The number of amidine groups is 1. The molecule has 0 bridgehead atoms. The summed E-state index contributed by atoms with van der Waals surface area (Å²) < 4.78 is 12.0. The Hall–Kier alpha value is -3.95. The molecule has 2 rings (SSSR count). The molecule has 0 radical (unpaired) electrons. The number of allylic oxidation sites excluding steroid dienone is 1. The molecule has 0 aromatic carbocycles. The number of aromatic amines is 1. The summed E-state index contributed by atoms with van der Waals surface area (Å²) in [7, 11) is 0. The molecule has 1 aromatic rings. The first-order chi connectivity index (χ1) is 26.1. The zero-order valence-electron chi connectivity index (χ0n) is 37.5. The lowest BCUT2D eigenvalue weighted by molar-refractivity contribution is -0.149. The maximum absolute atomic E-state index is 14.4. The number of H-pyrrole nitrogens is 1. The van der Waals surface area contributed by atoms with E-state index < -0.39 is 23.1 Å². The number of esters is 2. The molecule has 0 saturated carbocycles. The Morgan fingerprint density at radius 1 is 0.750 bits per heavy atom. The molecule has 1 aromatic heterocycles. The average molecular weight is 779 g/mol. The van der Waals surface area contributed by atoms with Crippen LogP contribution in [0.1, 0.15) is 189 Å². The lowest BCUT2D eigenvalue weighted by Gasteiger charge is -2.25. The normalized spacial score (nSPS) is 15.8. The zero-order valence-corrected chi connectivity index (χ0v) is 37.5. The minimum Gasteiger partial charge on any atom is -0.456 e. The number of rotatable bonds is 18. The van der Waals surface area contributed by atoms with Gasteiger partial charge in [-0.25, -0.2) is 14.6 Å². The summed E-state index contributed by atoms with van der Waals surface area (Å²) in [5, 5.41) is 6.22. The van der Waals surface area contributed by atoms with Gasteiger partial charge in [-0.05, 0) is 128 Å². The second-order valence-electron chi connectivity index (χ2n) is 17.5. The van der Waals surface area contributed by atoms with Crippen molar-refractivity contribution in [2.24, 2.45) is 22.7 Å². The summed E-state index contributed by atoms with van der Waals surface area (Å²) in [6, 6.07) is 0. The van der Waals surface area contributed by atoms with Gasteiger partial charge in [-0.15, -0.1) is 0 Å². The van der Waals surface area contributed by atoms with Crippen molar-refractivity contribution >= 4 is 41.5 Å². The number of carbonyl (C=O) groups is 4. The Labute approximate surface area is 338 Å². The lowest BCUT2D eigenvalue weighted by Crippen LogP contribution is -2.36. The number of nitrogens with zero attached hydrogens (tertiary/aromatic N) is 1. The number of nitrogens with one attached hydrogen (secondary N) is 3. The molecule has 10 heteroatoms. The van der Waals surface area contributed by atoms with Gasteiger partial charge in [0.1, 0.15) is 28.4 Å². The Morgan fingerprint density at radius 2 is 1.25 bits per heavy atom. The van der Waals surface area contributed by atoms with E-state index in [0.29, 0.717) is 58.8 Å². The summed E-state index contributed by atoms with van der Waals surface area (Å²) in [6.07, 6.45) is 10.8. The number of unbranched alkanes of at least 4 members (excludes halogenated alkanes) is 3. The Balaban J connectivity index is 3.10. The molecule has 314 valence electrons. The van der Waals surface area contributed by atoms with Crippen molar-refractivity contribution in [2.45, 2.75) is 186 Å². The average Bonchev–Trinajstić information content (AvgIpc) is 3.33. The number of ether oxygens (including phenoxy) is 2. The predicted octanol–water partition coefficient (Wildman–Crippen LogP) is 11.3. The van der Waals surface area contributed by atoms with E-state index in [1.165, 1.54) is 0 Å². The molecule has 2 unspecified atom stereocenters. The highest BCUT2D eigenvalue weighted by atomic mass is 16.6. The Kier molecular flexibility index (Phi) is 18.5. The van der Waals surface area contributed by atoms with Gasteiger partial charge in [0.25, 0.3) is 0 Å². The van der Waals surface area contributed by atoms with E-state index in [-0.39, 0.29) is 40.9 Å². The monoisotopic (exact) mass is 779 g/mol. The van der Waals surface area contributed by atoms with Gasteiger partial charge < -0.3 is 25.1 Å². The van der Waals surface area contributed by atoms with Gasteiger partial charge in [-0.3, -0.25) is 9.59 Å². The van der Waals surface area contributed by atoms with E-state index in [1.54, 1.807) is 27.7 Å². The molecule has 3 N–H and O–H groups in total. The van der Waals surface area contributed by atoms with Crippen LogP contribution in [0.25, 0.3) is 6.08 Å². The molecule has 1 aliphatic heterocycles. The molecule has 1 aliphatic rings. The topological polar surface area (TPSA) is 139 Å². The minimum atomic E-state index is -0.784. The van der Waals surface area contributed by atoms with Crippen molar-refractivity contribution in [3.05, 3.63) is 44.8 Å². The smallest absolute Gasteiger partial charge is 0.342 e. The third-order valence-electron chi connectivity index (χ3n) is 10.0. The van der Waals surface area contributed by atoms with Crippen molar-refractivity contribution in [2.75, 3.05) is 5.32 Å². The molecule has 2 amide bonds. The lowest BCUT2D eigenvalue weighted by atomic mass is 9.86. The summed E-state index contributed by atoms with van der Waals surface area (Å²) in [5.41, 5.74) is 2.77. The van der Waals surface area contributed by atoms with Crippen LogP contribution in [-0.4, -0.2) is 45.8 Å². The van der Waals surface area contributed by atoms with E-state index in [9.17, 15) is 19.2 Å². The highest BCUT2D eigenvalue weighted by molar-refractivity contribution is 6.12. The van der Waals surface area contributed by atoms with Gasteiger partial charge in [0.2, 0.25) is 11.8 Å². The number of hydrogen-bond acceptors (Lipinski definition) is 7. The van der Waals surface area contributed by atoms with Crippen LogP contribution < -0.4 is 10.6 Å². The SMILES string of the molecule is CCCCC1=C(C)C(NC(=O)C(CC)CCCC)=NC(=Cc2[nH]c(NC(=O)C(CC)CCCC)c(C(=O)OC(C)(C)C)c2C)C(C(C)C)=C1C(=O)OC(C)(C)C. The van der Waals surface area contributed by atoms with Gasteiger partial charge in [0.05, 0.1) is 11.3 Å². The number of aliphatic imine (C=N–C) groups is 1. The molecule has 2 heterocycles. The third-order valence-corrected chi connectivity index (χ3v) is 10.0. The van der Waals surface area contributed by atoms with Crippen LogP contribution in [0.4, 0.5) is 5.82 Å². The first kappa shape index (κ1) is 48.2. The standard InChI is InChI=1S/C46H74N4O6/c1-16-21-24-31(19-4)41(51)49-39-29(8)33(26-23-18-3)38(44(54)56-46(13,14)15)36(28(6)7)35(48-39)27-34-30(9)37(43(53)55-45(10,11)12)40(47-34)50-42(52)32(20-5)25-22-17-2/h27-28,31-32,47H,16-26H2,1-15H3,(H,50,52)(H,48,49,51). The van der Waals surface area contributed by atoms with Crippen molar-refractivity contribution < 1.29 is 28.7 Å². The first-order valence-electron chi connectivity index (χ1n) is 21.2. The largest absolute Gasteiger partial charge is 0.456 e. The van der Waals surface area contributed by atoms with Crippen LogP contribution in [0.15, 0.2) is 33.0 Å². The van der Waals surface area contributed by atoms with Gasteiger partial charge in [0, 0.05) is 17.5 Å². The van der Waals surface area contributed by atoms with Crippen LogP contribution in [0.2, 0.25) is 0 Å². The van der Waals surface area contributed by atoms with Crippen molar-refractivity contribution in [1.82, 2.24) is 10.3 Å². The first-order valence-corrected chi connectivity index (χ1v) is 21.2. The summed E-state index contributed by atoms with van der Waals surface area (Å²) in [5.74, 6) is -1.31. The number of anilines is 1. The van der Waals surface area contributed by atoms with Crippen molar-refractivity contribution in [3.8, 4) is 0 Å². The highest BCUT2D eigenvalue weighted by Gasteiger charge is 2.34. The maximum Gasteiger partial charge on any atom is 0.342 e. The summed E-state index contributed by atoms with van der Waals surface area (Å²) in [6.45, 7) is 29.0. The van der Waals surface area contributed by atoms with Crippen LogP contribution in [0.5, 0.6) is 0 Å². The fraction of sp³-hybridized carbons (Fsp3) is 0.674. The van der Waals surface area contributed by atoms with Crippen LogP contribution in [-0.2, 0) is 23.9 Å². The number of amides is 2. The number of carbonyl (C=O) groups excluding carboxylic acids is 4. The zero-order chi connectivity index (χ0) is 42.5. The van der Waals surface area contributed by atoms with Gasteiger partial charge in [-0.1, -0.05) is 80.6 Å². The molecule has 0 spiro atoms. The van der Waals surface area contributed by atoms with E-state index >= 15 is 0 Å². The second kappa shape index (κ2) is 21.5. The fourth-order valence-electron chi connectivity index (χ4n) is 6.89. The van der Waals surface area contributed by atoms with Gasteiger partial charge in [0.15, 0.2) is 0 Å². The molecule has 2 atom stereocenters.